The molecule has 0 bridgehead atoms. The second-order valence-electron chi connectivity index (χ2n) is 8.52. The number of amides is 3. The third-order valence-corrected chi connectivity index (χ3v) is 4.93. The summed E-state index contributed by atoms with van der Waals surface area (Å²) in [5.74, 6) is 0.363. The van der Waals surface area contributed by atoms with E-state index in [0.29, 0.717) is 12.2 Å². The number of hydrogen-bond acceptors (Lipinski definition) is 4. The first kappa shape index (κ1) is 21.2. The van der Waals surface area contributed by atoms with Gasteiger partial charge in [0.15, 0.2) is 0 Å². The van der Waals surface area contributed by atoms with E-state index in [0.717, 1.165) is 17.7 Å². The zero-order valence-electron chi connectivity index (χ0n) is 17.0. The van der Waals surface area contributed by atoms with Gasteiger partial charge in [-0.2, -0.15) is 0 Å². The summed E-state index contributed by atoms with van der Waals surface area (Å²) in [5, 5.41) is 13.0. The number of carbonyl (C=O) groups excluding carboxylic acids is 2. The van der Waals surface area contributed by atoms with Gasteiger partial charge in [0.05, 0.1) is 6.54 Å². The Morgan fingerprint density at radius 1 is 1.22 bits per heavy atom. The highest BCUT2D eigenvalue weighted by molar-refractivity contribution is 6.06. The summed E-state index contributed by atoms with van der Waals surface area (Å²) in [4.78, 5) is 25.8. The van der Waals surface area contributed by atoms with Gasteiger partial charge in [0.2, 0.25) is 0 Å². The van der Waals surface area contributed by atoms with Gasteiger partial charge in [-0.25, -0.2) is 4.79 Å². The van der Waals surface area contributed by atoms with Crippen molar-refractivity contribution in [3.8, 4) is 5.75 Å². The molecular formula is C21H32N2O4. The number of nitrogens with zero attached hydrogens (tertiary/aromatic N) is 1. The highest BCUT2D eigenvalue weighted by Gasteiger charge is 2.47. The predicted octanol–water partition coefficient (Wildman–Crippen LogP) is 3.22. The van der Waals surface area contributed by atoms with Crippen molar-refractivity contribution in [3.05, 3.63) is 29.8 Å². The lowest BCUT2D eigenvalue weighted by Crippen LogP contribution is -2.44. The van der Waals surface area contributed by atoms with E-state index >= 15 is 0 Å². The van der Waals surface area contributed by atoms with Crippen LogP contribution in [-0.2, 0) is 10.2 Å². The molecule has 1 aliphatic rings. The molecule has 1 aliphatic heterocycles. The highest BCUT2D eigenvalue weighted by Crippen LogP contribution is 2.25. The van der Waals surface area contributed by atoms with Gasteiger partial charge in [0.25, 0.3) is 5.91 Å². The molecule has 150 valence electrons. The number of ether oxygens (including phenoxy) is 1. The molecule has 3 amide bonds. The van der Waals surface area contributed by atoms with Crippen LogP contribution in [0.5, 0.6) is 5.75 Å². The van der Waals surface area contributed by atoms with Gasteiger partial charge in [-0.3, -0.25) is 9.69 Å². The number of nitrogens with one attached hydrogen (secondary N) is 1. The van der Waals surface area contributed by atoms with Crippen LogP contribution in [0, 0.1) is 0 Å². The van der Waals surface area contributed by atoms with Crippen LogP contribution in [0.2, 0.25) is 0 Å². The Balaban J connectivity index is 1.89. The summed E-state index contributed by atoms with van der Waals surface area (Å²) >= 11 is 0. The topological polar surface area (TPSA) is 78.9 Å². The number of hydrogen-bond donors (Lipinski definition) is 2. The molecule has 2 unspecified atom stereocenters. The molecule has 0 aliphatic carbocycles. The number of rotatable bonds is 8. The molecule has 2 rings (SSSR count). The van der Waals surface area contributed by atoms with Gasteiger partial charge in [-0.15, -0.1) is 0 Å². The SMILES string of the molecule is CCCCC1(C)NC(=O)N(CC(O)COc2ccc(C(C)(C)C)cc2)C1=O. The van der Waals surface area contributed by atoms with Crippen LogP contribution >= 0.6 is 0 Å². The van der Waals surface area contributed by atoms with Crippen molar-refractivity contribution in [2.75, 3.05) is 13.2 Å². The van der Waals surface area contributed by atoms with Crippen molar-refractivity contribution >= 4 is 11.9 Å². The summed E-state index contributed by atoms with van der Waals surface area (Å²) in [5.41, 5.74) is 0.378. The smallest absolute Gasteiger partial charge is 0.325 e. The number of benzene rings is 1. The first-order valence-electron chi connectivity index (χ1n) is 9.62. The highest BCUT2D eigenvalue weighted by atomic mass is 16.5. The third kappa shape index (κ3) is 5.22. The molecule has 6 heteroatoms. The van der Waals surface area contributed by atoms with Crippen LogP contribution in [0.4, 0.5) is 4.79 Å². The lowest BCUT2D eigenvalue weighted by atomic mass is 9.87. The number of aliphatic hydroxyl groups excluding tert-OH is 1. The minimum Gasteiger partial charge on any atom is -0.491 e. The summed E-state index contributed by atoms with van der Waals surface area (Å²) in [7, 11) is 0. The molecule has 1 saturated heterocycles. The van der Waals surface area contributed by atoms with Gasteiger partial charge in [-0.05, 0) is 36.5 Å². The first-order valence-corrected chi connectivity index (χ1v) is 9.62. The predicted molar refractivity (Wildman–Crippen MR) is 105 cm³/mol. The Morgan fingerprint density at radius 3 is 2.41 bits per heavy atom. The Bertz CT molecular complexity index is 666. The average Bonchev–Trinajstić information content (AvgIpc) is 2.81. The molecule has 0 radical (unpaired) electrons. The van der Waals surface area contributed by atoms with Crippen LogP contribution in [0.3, 0.4) is 0 Å². The molecule has 6 nitrogen and oxygen atoms in total. The minimum atomic E-state index is -0.949. The van der Waals surface area contributed by atoms with Gasteiger partial charge in [-0.1, -0.05) is 52.7 Å². The second kappa shape index (κ2) is 8.30. The largest absolute Gasteiger partial charge is 0.491 e. The maximum atomic E-state index is 12.6. The van der Waals surface area contributed by atoms with Crippen molar-refractivity contribution < 1.29 is 19.4 Å². The first-order chi connectivity index (χ1) is 12.6. The standard InChI is InChI=1S/C21H32N2O4/c1-6-7-12-21(5)18(25)23(19(26)22-21)13-16(24)14-27-17-10-8-15(9-11-17)20(2,3)4/h8-11,16,24H,6-7,12-14H2,1-5H3,(H,22,26). The molecule has 2 atom stereocenters. The van der Waals surface area contributed by atoms with E-state index in [2.05, 4.69) is 26.1 Å². The van der Waals surface area contributed by atoms with Crippen LogP contribution in [0.1, 0.15) is 59.4 Å². The number of aliphatic hydroxyl groups is 1. The van der Waals surface area contributed by atoms with Crippen molar-refractivity contribution in [2.24, 2.45) is 0 Å². The van der Waals surface area contributed by atoms with E-state index in [1.165, 1.54) is 5.56 Å². The molecule has 0 saturated carbocycles. The van der Waals surface area contributed by atoms with Gasteiger partial charge >= 0.3 is 6.03 Å². The Hall–Kier alpha value is -2.08. The third-order valence-electron chi connectivity index (χ3n) is 4.93. The molecular weight excluding hydrogens is 344 g/mol. The number of unbranched alkanes of at least 4 members (excludes halogenated alkanes) is 1. The van der Waals surface area contributed by atoms with Crippen molar-refractivity contribution in [2.45, 2.75) is 70.9 Å². The fourth-order valence-corrected chi connectivity index (χ4v) is 3.12. The zero-order valence-corrected chi connectivity index (χ0v) is 17.0. The number of urea groups is 1. The summed E-state index contributed by atoms with van der Waals surface area (Å²) < 4.78 is 5.61. The molecule has 1 aromatic carbocycles. The average molecular weight is 376 g/mol. The molecule has 0 aromatic heterocycles. The molecule has 1 heterocycles. The van der Waals surface area contributed by atoms with E-state index < -0.39 is 17.7 Å². The quantitative estimate of drug-likeness (QED) is 0.683. The Kier molecular flexibility index (Phi) is 6.52. The normalized spacial score (nSPS) is 21.3. The maximum Gasteiger partial charge on any atom is 0.325 e. The Morgan fingerprint density at radius 2 is 1.85 bits per heavy atom. The van der Waals surface area contributed by atoms with E-state index in [1.807, 2.05) is 31.2 Å². The Labute approximate surface area is 161 Å². The van der Waals surface area contributed by atoms with Gasteiger partial charge < -0.3 is 15.2 Å². The molecule has 1 aromatic rings. The van der Waals surface area contributed by atoms with Crippen LogP contribution in [-0.4, -0.2) is 46.7 Å². The van der Waals surface area contributed by atoms with Crippen LogP contribution < -0.4 is 10.1 Å². The van der Waals surface area contributed by atoms with E-state index in [-0.39, 0.29) is 24.5 Å². The van der Waals surface area contributed by atoms with Crippen molar-refractivity contribution in [1.82, 2.24) is 10.2 Å². The summed E-state index contributed by atoms with van der Waals surface area (Å²) in [6.45, 7) is 10.1. The van der Waals surface area contributed by atoms with Crippen LogP contribution in [0.15, 0.2) is 24.3 Å². The van der Waals surface area contributed by atoms with Crippen LogP contribution in [0.25, 0.3) is 0 Å². The molecule has 0 spiro atoms. The second-order valence-corrected chi connectivity index (χ2v) is 8.52. The van der Waals surface area contributed by atoms with E-state index in [1.54, 1.807) is 6.92 Å². The molecule has 2 N–H and O–H groups in total. The van der Waals surface area contributed by atoms with E-state index in [9.17, 15) is 14.7 Å². The lowest BCUT2D eigenvalue weighted by Gasteiger charge is -2.22. The minimum absolute atomic E-state index is 0.0115. The number of carbonyl (C=O) groups is 2. The van der Waals surface area contributed by atoms with Gasteiger partial charge in [0.1, 0.15) is 24.0 Å². The maximum absolute atomic E-state index is 12.6. The summed E-state index contributed by atoms with van der Waals surface area (Å²) in [6, 6.07) is 7.27. The number of imide groups is 1. The lowest BCUT2D eigenvalue weighted by molar-refractivity contribution is -0.132. The molecule has 1 fully saturated rings. The van der Waals surface area contributed by atoms with E-state index in [4.69, 9.17) is 4.74 Å². The fraction of sp³-hybridized carbons (Fsp3) is 0.619. The van der Waals surface area contributed by atoms with Crippen molar-refractivity contribution in [3.63, 3.8) is 0 Å². The van der Waals surface area contributed by atoms with Crippen molar-refractivity contribution in [1.29, 1.82) is 0 Å². The monoisotopic (exact) mass is 376 g/mol. The van der Waals surface area contributed by atoms with Gasteiger partial charge in [0, 0.05) is 0 Å². The zero-order chi connectivity index (χ0) is 20.2. The number of β-amino-alcohol motifs (C(OH)–C–C–N with tert-alkyl or cyclic N) is 1. The summed E-state index contributed by atoms with van der Waals surface area (Å²) in [6.07, 6.45) is 1.45. The molecule has 27 heavy (non-hydrogen) atoms. The fourth-order valence-electron chi connectivity index (χ4n) is 3.12.